The van der Waals surface area contributed by atoms with Gasteiger partial charge in [-0.25, -0.2) is 0 Å². The molecule has 5 nitrogen and oxygen atoms in total. The summed E-state index contributed by atoms with van der Waals surface area (Å²) >= 11 is 0. The molecule has 1 saturated carbocycles. The second kappa shape index (κ2) is 7.79. The SMILES string of the molecule is CN1CCN(c2ccc(NC(=O)CNC3CCCC3)cc2)CC1. The highest BCUT2D eigenvalue weighted by Gasteiger charge is 2.16. The number of carbonyl (C=O) groups is 1. The zero-order chi connectivity index (χ0) is 16.1. The van der Waals surface area contributed by atoms with E-state index in [9.17, 15) is 4.79 Å². The van der Waals surface area contributed by atoms with E-state index in [-0.39, 0.29) is 5.91 Å². The molecule has 2 N–H and O–H groups in total. The van der Waals surface area contributed by atoms with Crippen molar-refractivity contribution in [2.75, 3.05) is 50.0 Å². The van der Waals surface area contributed by atoms with Crippen LogP contribution in [0.25, 0.3) is 0 Å². The second-order valence-corrected chi connectivity index (χ2v) is 6.75. The lowest BCUT2D eigenvalue weighted by molar-refractivity contribution is -0.115. The molecule has 1 aromatic carbocycles. The number of likely N-dealkylation sites (N-methyl/N-ethyl adjacent to an activating group) is 1. The van der Waals surface area contributed by atoms with Gasteiger partial charge in [0.25, 0.3) is 0 Å². The van der Waals surface area contributed by atoms with Crippen molar-refractivity contribution in [3.8, 4) is 0 Å². The van der Waals surface area contributed by atoms with E-state index in [0.717, 1.165) is 31.9 Å². The molecule has 0 bridgehead atoms. The molecule has 0 atom stereocenters. The molecule has 1 saturated heterocycles. The Hall–Kier alpha value is -1.59. The topological polar surface area (TPSA) is 47.6 Å². The Morgan fingerprint density at radius 1 is 1.09 bits per heavy atom. The van der Waals surface area contributed by atoms with Crippen LogP contribution in [-0.2, 0) is 4.79 Å². The fourth-order valence-corrected chi connectivity index (χ4v) is 3.39. The van der Waals surface area contributed by atoms with Gasteiger partial charge in [0, 0.05) is 43.6 Å². The Kier molecular flexibility index (Phi) is 5.51. The van der Waals surface area contributed by atoms with E-state index < -0.39 is 0 Å². The number of benzene rings is 1. The first kappa shape index (κ1) is 16.3. The average Bonchev–Trinajstić information content (AvgIpc) is 3.08. The number of piperazine rings is 1. The van der Waals surface area contributed by atoms with Crippen LogP contribution in [0.5, 0.6) is 0 Å². The van der Waals surface area contributed by atoms with Crippen molar-refractivity contribution in [1.82, 2.24) is 10.2 Å². The quantitative estimate of drug-likeness (QED) is 0.871. The largest absolute Gasteiger partial charge is 0.369 e. The molecule has 1 aromatic rings. The van der Waals surface area contributed by atoms with Crippen LogP contribution in [0.4, 0.5) is 11.4 Å². The normalized spacial score (nSPS) is 20.0. The molecule has 2 fully saturated rings. The predicted octanol–water partition coefficient (Wildman–Crippen LogP) is 1.91. The van der Waals surface area contributed by atoms with Gasteiger partial charge in [-0.3, -0.25) is 4.79 Å². The smallest absolute Gasteiger partial charge is 0.238 e. The first-order chi connectivity index (χ1) is 11.2. The van der Waals surface area contributed by atoms with E-state index in [1.54, 1.807) is 0 Å². The van der Waals surface area contributed by atoms with Crippen molar-refractivity contribution in [1.29, 1.82) is 0 Å². The molecule has 0 radical (unpaired) electrons. The molecule has 1 amide bonds. The van der Waals surface area contributed by atoms with Gasteiger partial charge in [0.1, 0.15) is 0 Å². The van der Waals surface area contributed by atoms with E-state index in [0.29, 0.717) is 12.6 Å². The number of amides is 1. The van der Waals surface area contributed by atoms with Gasteiger partial charge >= 0.3 is 0 Å². The summed E-state index contributed by atoms with van der Waals surface area (Å²) in [5.41, 5.74) is 2.11. The van der Waals surface area contributed by atoms with Crippen LogP contribution in [0.2, 0.25) is 0 Å². The lowest BCUT2D eigenvalue weighted by atomic mass is 10.2. The average molecular weight is 316 g/mol. The molecule has 3 rings (SSSR count). The van der Waals surface area contributed by atoms with Crippen LogP contribution in [0.15, 0.2) is 24.3 Å². The summed E-state index contributed by atoms with van der Waals surface area (Å²) in [4.78, 5) is 16.7. The zero-order valence-corrected chi connectivity index (χ0v) is 14.1. The lowest BCUT2D eigenvalue weighted by Gasteiger charge is -2.34. The molecular formula is C18H28N4O. The number of hydrogen-bond donors (Lipinski definition) is 2. The molecule has 23 heavy (non-hydrogen) atoms. The number of hydrogen-bond acceptors (Lipinski definition) is 4. The van der Waals surface area contributed by atoms with Gasteiger partial charge in [-0.15, -0.1) is 0 Å². The maximum Gasteiger partial charge on any atom is 0.238 e. The Balaban J connectivity index is 1.46. The number of rotatable bonds is 5. The highest BCUT2D eigenvalue weighted by molar-refractivity contribution is 5.92. The van der Waals surface area contributed by atoms with E-state index in [1.165, 1.54) is 31.4 Å². The van der Waals surface area contributed by atoms with Gasteiger partial charge in [-0.1, -0.05) is 12.8 Å². The van der Waals surface area contributed by atoms with Crippen LogP contribution in [0, 0.1) is 0 Å². The summed E-state index contributed by atoms with van der Waals surface area (Å²) in [6, 6.07) is 8.74. The molecule has 2 aliphatic rings. The number of carbonyl (C=O) groups excluding carboxylic acids is 1. The van der Waals surface area contributed by atoms with Crippen molar-refractivity contribution < 1.29 is 4.79 Å². The monoisotopic (exact) mass is 316 g/mol. The summed E-state index contributed by atoms with van der Waals surface area (Å²) in [5.74, 6) is 0.0456. The number of anilines is 2. The van der Waals surface area contributed by atoms with Gasteiger partial charge in [-0.2, -0.15) is 0 Å². The van der Waals surface area contributed by atoms with Gasteiger partial charge in [0.2, 0.25) is 5.91 Å². The molecule has 126 valence electrons. The molecule has 5 heteroatoms. The van der Waals surface area contributed by atoms with Crippen molar-refractivity contribution >= 4 is 17.3 Å². The fourth-order valence-electron chi connectivity index (χ4n) is 3.39. The maximum absolute atomic E-state index is 12.0. The van der Waals surface area contributed by atoms with Crippen LogP contribution in [0.3, 0.4) is 0 Å². The van der Waals surface area contributed by atoms with Crippen LogP contribution in [-0.4, -0.2) is 56.6 Å². The Labute approximate surface area is 139 Å². The summed E-state index contributed by atoms with van der Waals surface area (Å²) in [7, 11) is 2.16. The summed E-state index contributed by atoms with van der Waals surface area (Å²) < 4.78 is 0. The second-order valence-electron chi connectivity index (χ2n) is 6.75. The van der Waals surface area contributed by atoms with Crippen LogP contribution < -0.4 is 15.5 Å². The molecule has 0 spiro atoms. The third-order valence-electron chi connectivity index (χ3n) is 4.93. The molecule has 0 aromatic heterocycles. The van der Waals surface area contributed by atoms with Gasteiger partial charge in [0.15, 0.2) is 0 Å². The van der Waals surface area contributed by atoms with E-state index in [1.807, 2.05) is 12.1 Å². The fraction of sp³-hybridized carbons (Fsp3) is 0.611. The lowest BCUT2D eigenvalue weighted by Crippen LogP contribution is -2.44. The van der Waals surface area contributed by atoms with Gasteiger partial charge < -0.3 is 20.4 Å². The highest BCUT2D eigenvalue weighted by atomic mass is 16.1. The van der Waals surface area contributed by atoms with Crippen molar-refractivity contribution in [3.05, 3.63) is 24.3 Å². The minimum Gasteiger partial charge on any atom is -0.369 e. The van der Waals surface area contributed by atoms with E-state index in [2.05, 4.69) is 39.6 Å². The van der Waals surface area contributed by atoms with Gasteiger partial charge in [0.05, 0.1) is 6.54 Å². The van der Waals surface area contributed by atoms with Crippen molar-refractivity contribution in [2.24, 2.45) is 0 Å². The van der Waals surface area contributed by atoms with E-state index in [4.69, 9.17) is 0 Å². The Morgan fingerprint density at radius 3 is 2.39 bits per heavy atom. The number of nitrogens with zero attached hydrogens (tertiary/aromatic N) is 2. The summed E-state index contributed by atoms with van der Waals surface area (Å²) in [5, 5.41) is 6.32. The third kappa shape index (κ3) is 4.69. The minimum atomic E-state index is 0.0456. The Bertz CT molecular complexity index is 502. The third-order valence-corrected chi connectivity index (χ3v) is 4.93. The zero-order valence-electron chi connectivity index (χ0n) is 14.1. The maximum atomic E-state index is 12.0. The first-order valence-corrected chi connectivity index (χ1v) is 8.77. The molecule has 1 aliphatic carbocycles. The molecule has 1 heterocycles. The number of nitrogens with one attached hydrogen (secondary N) is 2. The standard InChI is InChI=1S/C18H28N4O/c1-21-10-12-22(13-11-21)17-8-6-16(7-9-17)20-18(23)14-19-15-4-2-3-5-15/h6-9,15,19H,2-5,10-14H2,1H3,(H,20,23). The summed E-state index contributed by atoms with van der Waals surface area (Å²) in [6.45, 7) is 4.74. The van der Waals surface area contributed by atoms with E-state index >= 15 is 0 Å². The molecular weight excluding hydrogens is 288 g/mol. The summed E-state index contributed by atoms with van der Waals surface area (Å²) in [6.07, 6.45) is 4.97. The molecule has 0 unspecified atom stereocenters. The van der Waals surface area contributed by atoms with Gasteiger partial charge in [-0.05, 0) is 44.2 Å². The molecule has 1 aliphatic heterocycles. The Morgan fingerprint density at radius 2 is 1.74 bits per heavy atom. The first-order valence-electron chi connectivity index (χ1n) is 8.77. The van der Waals surface area contributed by atoms with Crippen molar-refractivity contribution in [3.63, 3.8) is 0 Å². The van der Waals surface area contributed by atoms with Crippen LogP contribution in [0.1, 0.15) is 25.7 Å². The highest BCUT2D eigenvalue weighted by Crippen LogP contribution is 2.19. The predicted molar refractivity (Wildman–Crippen MR) is 95.0 cm³/mol. The van der Waals surface area contributed by atoms with Crippen molar-refractivity contribution in [2.45, 2.75) is 31.7 Å². The minimum absolute atomic E-state index is 0.0456. The van der Waals surface area contributed by atoms with Crippen LogP contribution >= 0.6 is 0 Å².